The molecular weight excluding hydrogens is 358 g/mol. The van der Waals surface area contributed by atoms with Crippen LogP contribution in [0.25, 0.3) is 6.08 Å². The molecule has 1 aromatic carbocycles. The van der Waals surface area contributed by atoms with Gasteiger partial charge in [0.2, 0.25) is 0 Å². The Morgan fingerprint density at radius 1 is 1.07 bits per heavy atom. The van der Waals surface area contributed by atoms with Gasteiger partial charge in [0.05, 0.1) is 21.3 Å². The van der Waals surface area contributed by atoms with Crippen molar-refractivity contribution in [3.63, 3.8) is 0 Å². The van der Waals surface area contributed by atoms with Gasteiger partial charge in [-0.1, -0.05) is 6.07 Å². The van der Waals surface area contributed by atoms with Crippen molar-refractivity contribution in [1.29, 1.82) is 0 Å². The number of carboxylic acid groups (broad SMARTS) is 1. The fraction of sp³-hybridized carbons (Fsp3) is 0.364. The van der Waals surface area contributed by atoms with Crippen molar-refractivity contribution in [1.82, 2.24) is 4.98 Å². The summed E-state index contributed by atoms with van der Waals surface area (Å²) >= 11 is 0. The van der Waals surface area contributed by atoms with Crippen LogP contribution in [-0.2, 0) is 11.2 Å². The fourth-order valence-electron chi connectivity index (χ4n) is 3.31. The van der Waals surface area contributed by atoms with Gasteiger partial charge in [-0.25, -0.2) is 4.79 Å². The van der Waals surface area contributed by atoms with Crippen molar-refractivity contribution < 1.29 is 24.1 Å². The number of ether oxygens (including phenoxy) is 3. The number of hydrogen-bond acceptors (Lipinski definition) is 5. The Morgan fingerprint density at radius 3 is 2.25 bits per heavy atom. The Balaban J connectivity index is 2.40. The highest BCUT2D eigenvalue weighted by atomic mass is 16.5. The molecule has 0 spiro atoms. The van der Waals surface area contributed by atoms with Gasteiger partial charge in [-0.15, -0.1) is 0 Å². The molecule has 0 bridgehead atoms. The normalized spacial score (nSPS) is 11.2. The molecule has 6 heteroatoms. The van der Waals surface area contributed by atoms with Crippen LogP contribution >= 0.6 is 0 Å². The van der Waals surface area contributed by atoms with Gasteiger partial charge in [0, 0.05) is 34.7 Å². The first kappa shape index (κ1) is 21.3. The van der Waals surface area contributed by atoms with Crippen molar-refractivity contribution in [2.45, 2.75) is 33.1 Å². The molecule has 1 heterocycles. The average Bonchev–Trinajstić information content (AvgIpc) is 2.69. The summed E-state index contributed by atoms with van der Waals surface area (Å²) in [6, 6.07) is 3.87. The van der Waals surface area contributed by atoms with Crippen LogP contribution in [0.4, 0.5) is 0 Å². The fourth-order valence-corrected chi connectivity index (χ4v) is 3.31. The summed E-state index contributed by atoms with van der Waals surface area (Å²) in [5.74, 6) is 0.802. The number of aromatic nitrogens is 1. The average molecular weight is 385 g/mol. The molecule has 0 amide bonds. The molecule has 0 unspecified atom stereocenters. The van der Waals surface area contributed by atoms with Gasteiger partial charge in [0.1, 0.15) is 5.75 Å². The standard InChI is InChI=1S/C22H27NO5/c1-14-18(19(26-3)15(2)21(28-5)20(14)27-4)12-17(22(24)25)10-6-8-16-9-7-11-23-13-16/h7,9,11-13H,6,8,10H2,1-5H3,(H,24,25)/b17-12+. The van der Waals surface area contributed by atoms with E-state index >= 15 is 0 Å². The van der Waals surface area contributed by atoms with Crippen LogP contribution in [-0.4, -0.2) is 37.4 Å². The lowest BCUT2D eigenvalue weighted by Gasteiger charge is -2.20. The van der Waals surface area contributed by atoms with Gasteiger partial charge in [0.25, 0.3) is 0 Å². The number of aliphatic carboxylic acids is 1. The molecule has 0 aliphatic rings. The van der Waals surface area contributed by atoms with E-state index in [1.54, 1.807) is 39.8 Å². The maximum absolute atomic E-state index is 11.8. The highest BCUT2D eigenvalue weighted by Gasteiger charge is 2.22. The van der Waals surface area contributed by atoms with Crippen molar-refractivity contribution in [2.24, 2.45) is 0 Å². The number of carboxylic acids is 1. The van der Waals surface area contributed by atoms with Crippen LogP contribution in [0.5, 0.6) is 17.2 Å². The zero-order chi connectivity index (χ0) is 20.7. The van der Waals surface area contributed by atoms with Crippen molar-refractivity contribution in [3.05, 3.63) is 52.4 Å². The zero-order valence-corrected chi connectivity index (χ0v) is 17.0. The lowest BCUT2D eigenvalue weighted by molar-refractivity contribution is -0.132. The van der Waals surface area contributed by atoms with E-state index in [2.05, 4.69) is 4.98 Å². The van der Waals surface area contributed by atoms with Crippen LogP contribution < -0.4 is 14.2 Å². The molecular formula is C22H27NO5. The van der Waals surface area contributed by atoms with Crippen LogP contribution in [0.15, 0.2) is 30.1 Å². The molecule has 0 aliphatic heterocycles. The molecule has 0 saturated carbocycles. The molecule has 28 heavy (non-hydrogen) atoms. The first-order valence-corrected chi connectivity index (χ1v) is 9.06. The lowest BCUT2D eigenvalue weighted by Crippen LogP contribution is -2.05. The smallest absolute Gasteiger partial charge is 0.331 e. The second-order valence-electron chi connectivity index (χ2n) is 6.45. The second kappa shape index (κ2) is 9.78. The molecule has 1 aromatic heterocycles. The maximum Gasteiger partial charge on any atom is 0.331 e. The van der Waals surface area contributed by atoms with E-state index in [9.17, 15) is 9.90 Å². The number of benzene rings is 1. The predicted octanol–water partition coefficient (Wildman–Crippen LogP) is 4.22. The van der Waals surface area contributed by atoms with Crippen molar-refractivity contribution in [2.75, 3.05) is 21.3 Å². The number of carbonyl (C=O) groups is 1. The highest BCUT2D eigenvalue weighted by Crippen LogP contribution is 2.44. The largest absolute Gasteiger partial charge is 0.496 e. The molecule has 1 N–H and O–H groups in total. The third kappa shape index (κ3) is 4.63. The molecule has 0 fully saturated rings. The summed E-state index contributed by atoms with van der Waals surface area (Å²) in [6.45, 7) is 3.73. The summed E-state index contributed by atoms with van der Waals surface area (Å²) in [7, 11) is 4.70. The first-order chi connectivity index (χ1) is 13.4. The van der Waals surface area contributed by atoms with Gasteiger partial charge in [-0.3, -0.25) is 4.98 Å². The monoisotopic (exact) mass is 385 g/mol. The second-order valence-corrected chi connectivity index (χ2v) is 6.45. The zero-order valence-electron chi connectivity index (χ0n) is 17.0. The van der Waals surface area contributed by atoms with Gasteiger partial charge in [-0.2, -0.15) is 0 Å². The molecule has 6 nitrogen and oxygen atoms in total. The van der Waals surface area contributed by atoms with E-state index in [0.29, 0.717) is 41.2 Å². The minimum Gasteiger partial charge on any atom is -0.496 e. The predicted molar refractivity (Wildman–Crippen MR) is 108 cm³/mol. The highest BCUT2D eigenvalue weighted by molar-refractivity contribution is 5.93. The van der Waals surface area contributed by atoms with Gasteiger partial charge in [0.15, 0.2) is 11.5 Å². The third-order valence-corrected chi connectivity index (χ3v) is 4.72. The molecule has 2 rings (SSSR count). The van der Waals surface area contributed by atoms with Crippen molar-refractivity contribution in [3.8, 4) is 17.2 Å². The number of aryl methyl sites for hydroxylation is 1. The van der Waals surface area contributed by atoms with E-state index in [-0.39, 0.29) is 0 Å². The minimum absolute atomic E-state index is 0.317. The maximum atomic E-state index is 11.8. The SMILES string of the molecule is COc1c(C)c(OC)c(OC)c(C)c1/C=C(\CCCc1cccnc1)C(=O)O. The molecule has 0 aliphatic carbocycles. The first-order valence-electron chi connectivity index (χ1n) is 9.06. The van der Waals surface area contributed by atoms with Crippen LogP contribution in [0.2, 0.25) is 0 Å². The molecule has 2 aromatic rings. The Bertz CT molecular complexity index is 859. The summed E-state index contributed by atoms with van der Waals surface area (Å²) in [4.78, 5) is 15.9. The Morgan fingerprint density at radius 2 is 1.71 bits per heavy atom. The quantitative estimate of drug-likeness (QED) is 0.652. The van der Waals surface area contributed by atoms with Gasteiger partial charge >= 0.3 is 5.97 Å². The van der Waals surface area contributed by atoms with Crippen LogP contribution in [0.1, 0.15) is 35.1 Å². The summed E-state index contributed by atoms with van der Waals surface area (Å²) in [5, 5.41) is 9.71. The summed E-state index contributed by atoms with van der Waals surface area (Å²) in [6.07, 6.45) is 7.10. The van der Waals surface area contributed by atoms with Gasteiger partial charge in [-0.05, 0) is 50.8 Å². The Labute approximate surface area is 165 Å². The van der Waals surface area contributed by atoms with Gasteiger partial charge < -0.3 is 19.3 Å². The van der Waals surface area contributed by atoms with Crippen LogP contribution in [0.3, 0.4) is 0 Å². The number of methoxy groups -OCH3 is 3. The Hall–Kier alpha value is -3.02. The summed E-state index contributed by atoms with van der Waals surface area (Å²) < 4.78 is 16.5. The van der Waals surface area contributed by atoms with E-state index < -0.39 is 5.97 Å². The van der Waals surface area contributed by atoms with E-state index in [1.807, 2.05) is 26.0 Å². The molecule has 0 atom stereocenters. The molecule has 0 saturated heterocycles. The molecule has 0 radical (unpaired) electrons. The summed E-state index contributed by atoms with van der Waals surface area (Å²) in [5.41, 5.74) is 3.63. The third-order valence-electron chi connectivity index (χ3n) is 4.72. The van der Waals surface area contributed by atoms with Crippen molar-refractivity contribution >= 4 is 12.0 Å². The van der Waals surface area contributed by atoms with Crippen LogP contribution in [0, 0.1) is 13.8 Å². The number of pyridine rings is 1. The number of hydrogen-bond donors (Lipinski definition) is 1. The van der Waals surface area contributed by atoms with E-state index in [4.69, 9.17) is 14.2 Å². The lowest BCUT2D eigenvalue weighted by atomic mass is 9.96. The number of nitrogens with zero attached hydrogens (tertiary/aromatic N) is 1. The molecule has 150 valence electrons. The van der Waals surface area contributed by atoms with E-state index in [1.165, 1.54) is 0 Å². The minimum atomic E-state index is -0.944. The van der Waals surface area contributed by atoms with E-state index in [0.717, 1.165) is 23.1 Å². The Kier molecular flexibility index (Phi) is 7.44. The topological polar surface area (TPSA) is 77.9 Å². The number of rotatable bonds is 9.